The van der Waals surface area contributed by atoms with Crippen LogP contribution in [0.15, 0.2) is 12.2 Å². The molecule has 0 aromatic heterocycles. The maximum Gasteiger partial charge on any atom is 0.331 e. The summed E-state index contributed by atoms with van der Waals surface area (Å²) >= 11 is 3.21. The van der Waals surface area contributed by atoms with Crippen LogP contribution in [0.2, 0.25) is 0 Å². The number of aliphatic hydroxyl groups is 1. The van der Waals surface area contributed by atoms with E-state index in [0.717, 1.165) is 0 Å². The Morgan fingerprint density at radius 2 is 2.05 bits per heavy atom. The van der Waals surface area contributed by atoms with Crippen LogP contribution < -0.4 is 0 Å². The molecule has 1 fully saturated rings. The minimum absolute atomic E-state index is 0.369. The Bertz CT molecular complexity index is 372. The van der Waals surface area contributed by atoms with Crippen molar-refractivity contribution in [1.29, 1.82) is 0 Å². The van der Waals surface area contributed by atoms with Crippen molar-refractivity contribution in [2.45, 2.75) is 64.3 Å². The number of ether oxygens (including phenoxy) is 3. The molecule has 3 atom stereocenters. The van der Waals surface area contributed by atoms with Gasteiger partial charge in [0.25, 0.3) is 0 Å². The van der Waals surface area contributed by atoms with Gasteiger partial charge < -0.3 is 19.3 Å². The zero-order valence-electron chi connectivity index (χ0n) is 12.6. The predicted molar refractivity (Wildman–Crippen MR) is 78.6 cm³/mol. The maximum absolute atomic E-state index is 11.6. The van der Waals surface area contributed by atoms with Gasteiger partial charge in [0.2, 0.25) is 0 Å². The van der Waals surface area contributed by atoms with E-state index in [-0.39, 0.29) is 0 Å². The van der Waals surface area contributed by atoms with Crippen LogP contribution in [0, 0.1) is 0 Å². The lowest BCUT2D eigenvalue weighted by atomic mass is 10.1. The van der Waals surface area contributed by atoms with Gasteiger partial charge in [0.1, 0.15) is 17.8 Å². The molecule has 0 unspecified atom stereocenters. The van der Waals surface area contributed by atoms with Gasteiger partial charge in [0, 0.05) is 11.4 Å². The molecular formula is C14H23BrO5. The summed E-state index contributed by atoms with van der Waals surface area (Å²) < 4.78 is 16.5. The molecule has 1 aliphatic heterocycles. The highest BCUT2D eigenvalue weighted by atomic mass is 79.9. The lowest BCUT2D eigenvalue weighted by Crippen LogP contribution is -2.35. The van der Waals surface area contributed by atoms with E-state index in [0.29, 0.717) is 5.33 Å². The number of rotatable bonds is 4. The van der Waals surface area contributed by atoms with E-state index in [1.807, 2.05) is 0 Å². The first-order valence-corrected chi connectivity index (χ1v) is 7.67. The summed E-state index contributed by atoms with van der Waals surface area (Å²) in [5.41, 5.74) is -0.539. The SMILES string of the molecule is CC(C)(C)OC(=O)/C=C\[C@@H]1OC(C)(C)O[C@@H]1[C@H](O)CBr. The molecule has 0 aliphatic carbocycles. The van der Waals surface area contributed by atoms with Crippen molar-refractivity contribution in [3.63, 3.8) is 0 Å². The Hall–Kier alpha value is -0.430. The summed E-state index contributed by atoms with van der Waals surface area (Å²) in [6, 6.07) is 0. The normalized spacial score (nSPS) is 27.8. The van der Waals surface area contributed by atoms with Gasteiger partial charge in [-0.3, -0.25) is 0 Å². The van der Waals surface area contributed by atoms with Crippen molar-refractivity contribution in [2.75, 3.05) is 5.33 Å². The number of halogens is 1. The first-order chi connectivity index (χ1) is 9.04. The first-order valence-electron chi connectivity index (χ1n) is 6.55. The van der Waals surface area contributed by atoms with Crippen LogP contribution in [0.4, 0.5) is 0 Å². The molecule has 1 heterocycles. The van der Waals surface area contributed by atoms with E-state index in [9.17, 15) is 9.90 Å². The van der Waals surface area contributed by atoms with Crippen molar-refractivity contribution >= 4 is 21.9 Å². The Balaban J connectivity index is 2.71. The molecule has 1 rings (SSSR count). The molecular weight excluding hydrogens is 328 g/mol. The van der Waals surface area contributed by atoms with Gasteiger partial charge in [0.05, 0.1) is 6.10 Å². The highest BCUT2D eigenvalue weighted by molar-refractivity contribution is 9.09. The summed E-state index contributed by atoms with van der Waals surface area (Å²) in [5.74, 6) is -1.24. The van der Waals surface area contributed by atoms with E-state index in [2.05, 4.69) is 15.9 Å². The van der Waals surface area contributed by atoms with Gasteiger partial charge in [-0.15, -0.1) is 0 Å². The fraction of sp³-hybridized carbons (Fsp3) is 0.786. The number of hydrogen-bond donors (Lipinski definition) is 1. The van der Waals surface area contributed by atoms with E-state index in [1.54, 1.807) is 40.7 Å². The van der Waals surface area contributed by atoms with Crippen molar-refractivity contribution < 1.29 is 24.1 Å². The standard InChI is InChI=1S/C14H23BrO5/c1-13(2,3)19-11(17)7-6-10-12(9(16)8-15)20-14(4,5)18-10/h6-7,9-10,12,16H,8H2,1-5H3/b7-6-/t9-,10+,12-/m1/s1. The molecule has 20 heavy (non-hydrogen) atoms. The maximum atomic E-state index is 11.6. The zero-order valence-corrected chi connectivity index (χ0v) is 14.1. The van der Waals surface area contributed by atoms with Gasteiger partial charge in [0.15, 0.2) is 5.79 Å². The number of carbonyl (C=O) groups excluding carboxylic acids is 1. The zero-order chi connectivity index (χ0) is 15.6. The monoisotopic (exact) mass is 350 g/mol. The average Bonchev–Trinajstić information content (AvgIpc) is 2.59. The van der Waals surface area contributed by atoms with Gasteiger partial charge in [-0.25, -0.2) is 4.79 Å². The number of alkyl halides is 1. The van der Waals surface area contributed by atoms with Crippen LogP contribution in [0.25, 0.3) is 0 Å². The van der Waals surface area contributed by atoms with Gasteiger partial charge >= 0.3 is 5.97 Å². The second-order valence-corrected chi connectivity index (χ2v) is 6.83. The predicted octanol–water partition coefficient (Wildman–Crippen LogP) is 2.16. The number of hydrogen-bond acceptors (Lipinski definition) is 5. The average molecular weight is 351 g/mol. The number of carbonyl (C=O) groups is 1. The van der Waals surface area contributed by atoms with Crippen molar-refractivity contribution in [3.8, 4) is 0 Å². The molecule has 0 amide bonds. The Morgan fingerprint density at radius 1 is 1.45 bits per heavy atom. The Kier molecular flexibility index (Phi) is 5.78. The second kappa shape index (κ2) is 6.56. The number of esters is 1. The van der Waals surface area contributed by atoms with Crippen LogP contribution in [-0.4, -0.2) is 46.1 Å². The summed E-state index contributed by atoms with van der Waals surface area (Å²) in [7, 11) is 0. The Labute approximate surface area is 128 Å². The van der Waals surface area contributed by atoms with Gasteiger partial charge in [-0.1, -0.05) is 15.9 Å². The molecule has 6 heteroatoms. The van der Waals surface area contributed by atoms with Crippen LogP contribution in [0.5, 0.6) is 0 Å². The topological polar surface area (TPSA) is 65.0 Å². The highest BCUT2D eigenvalue weighted by Gasteiger charge is 2.43. The molecule has 1 saturated heterocycles. The van der Waals surface area contributed by atoms with Crippen molar-refractivity contribution in [2.24, 2.45) is 0 Å². The second-order valence-electron chi connectivity index (χ2n) is 6.18. The van der Waals surface area contributed by atoms with Crippen molar-refractivity contribution in [3.05, 3.63) is 12.2 Å². The third kappa shape index (κ3) is 5.52. The lowest BCUT2D eigenvalue weighted by molar-refractivity contribution is -0.152. The molecule has 116 valence electrons. The van der Waals surface area contributed by atoms with E-state index >= 15 is 0 Å². The largest absolute Gasteiger partial charge is 0.457 e. The van der Waals surface area contributed by atoms with Crippen LogP contribution in [-0.2, 0) is 19.0 Å². The fourth-order valence-corrected chi connectivity index (χ4v) is 2.23. The molecule has 0 bridgehead atoms. The molecule has 1 aliphatic rings. The summed E-state index contributed by atoms with van der Waals surface area (Å²) in [4.78, 5) is 11.6. The summed E-state index contributed by atoms with van der Waals surface area (Å²) in [6.07, 6.45) is 1.15. The lowest BCUT2D eigenvalue weighted by Gasteiger charge is -2.20. The molecule has 0 aromatic rings. The van der Waals surface area contributed by atoms with E-state index < -0.39 is 35.7 Å². The fourth-order valence-electron chi connectivity index (χ4n) is 1.86. The molecule has 1 N–H and O–H groups in total. The first kappa shape index (κ1) is 17.6. The molecule has 5 nitrogen and oxygen atoms in total. The third-order valence-electron chi connectivity index (χ3n) is 2.53. The summed E-state index contributed by atoms with van der Waals surface area (Å²) in [5, 5.41) is 10.3. The van der Waals surface area contributed by atoms with Crippen LogP contribution in [0.1, 0.15) is 34.6 Å². The van der Waals surface area contributed by atoms with Gasteiger partial charge in [-0.2, -0.15) is 0 Å². The minimum atomic E-state index is -0.795. The van der Waals surface area contributed by atoms with E-state index in [4.69, 9.17) is 14.2 Å². The quantitative estimate of drug-likeness (QED) is 0.478. The smallest absolute Gasteiger partial charge is 0.331 e. The number of aliphatic hydroxyl groups excluding tert-OH is 1. The molecule has 0 spiro atoms. The Morgan fingerprint density at radius 3 is 2.55 bits per heavy atom. The van der Waals surface area contributed by atoms with E-state index in [1.165, 1.54) is 6.08 Å². The minimum Gasteiger partial charge on any atom is -0.457 e. The molecule has 0 saturated carbocycles. The summed E-state index contributed by atoms with van der Waals surface area (Å²) in [6.45, 7) is 8.93. The third-order valence-corrected chi connectivity index (χ3v) is 3.19. The van der Waals surface area contributed by atoms with Crippen LogP contribution >= 0.6 is 15.9 Å². The van der Waals surface area contributed by atoms with Crippen LogP contribution in [0.3, 0.4) is 0 Å². The van der Waals surface area contributed by atoms with Crippen molar-refractivity contribution in [1.82, 2.24) is 0 Å². The van der Waals surface area contributed by atoms with Gasteiger partial charge in [-0.05, 0) is 40.7 Å². The highest BCUT2D eigenvalue weighted by Crippen LogP contribution is 2.31. The molecule has 0 radical (unpaired) electrons. The molecule has 0 aromatic carbocycles.